The number of nitrogens with zero attached hydrogens (tertiary/aromatic N) is 2. The summed E-state index contributed by atoms with van der Waals surface area (Å²) in [5.41, 5.74) is -9.75. The van der Waals surface area contributed by atoms with Crippen LogP contribution in [0.15, 0.2) is 34.8 Å². The summed E-state index contributed by atoms with van der Waals surface area (Å²) in [4.78, 5) is 25.4. The van der Waals surface area contributed by atoms with Gasteiger partial charge in [0.1, 0.15) is 0 Å². The fraction of sp³-hybridized carbons (Fsp3) is 0.250. The van der Waals surface area contributed by atoms with Crippen molar-refractivity contribution in [2.45, 2.75) is 24.6 Å². The van der Waals surface area contributed by atoms with Crippen LogP contribution in [-0.2, 0) is 5.67 Å². The van der Waals surface area contributed by atoms with Gasteiger partial charge in [-0.15, -0.1) is 0 Å². The van der Waals surface area contributed by atoms with Gasteiger partial charge in [0.25, 0.3) is 5.91 Å². The van der Waals surface area contributed by atoms with E-state index in [1.165, 1.54) is 0 Å². The number of halogens is 10. The van der Waals surface area contributed by atoms with E-state index in [4.69, 9.17) is 0 Å². The second kappa shape index (κ2) is 9.03. The topological polar surface area (TPSA) is 94.4 Å². The summed E-state index contributed by atoms with van der Waals surface area (Å²) >= 11 is 2.48. The maximum Gasteiger partial charge on any atom is 0.435 e. The molecule has 2 rings (SSSR count). The molecule has 17 heteroatoms. The van der Waals surface area contributed by atoms with E-state index in [1.54, 1.807) is 0 Å². The summed E-state index contributed by atoms with van der Waals surface area (Å²) in [6.45, 7) is -3.82. The number of pyridine rings is 1. The first-order chi connectivity index (χ1) is 15.0. The molecule has 0 radical (unpaired) electrons. The molecule has 0 fully saturated rings. The third kappa shape index (κ3) is 5.28. The van der Waals surface area contributed by atoms with Gasteiger partial charge in [-0.05, 0) is 50.1 Å². The number of carbonyl (C=O) groups excluding carboxylic acids is 1. The fourth-order valence-electron chi connectivity index (χ4n) is 2.41. The van der Waals surface area contributed by atoms with Crippen LogP contribution in [0.2, 0.25) is 0 Å². The van der Waals surface area contributed by atoms with Gasteiger partial charge in [-0.25, -0.2) is 4.39 Å². The molecule has 0 aliphatic rings. The van der Waals surface area contributed by atoms with E-state index in [2.05, 4.69) is 25.7 Å². The molecule has 0 aliphatic carbocycles. The molecule has 0 saturated carbocycles. The molecule has 0 bridgehead atoms. The Balaban J connectivity index is 2.62. The molecule has 1 aromatic carbocycles. The predicted octanol–water partition coefficient (Wildman–Crippen LogP) is 5.90. The summed E-state index contributed by atoms with van der Waals surface area (Å²) in [6.07, 6.45) is -13.1. The van der Waals surface area contributed by atoms with E-state index in [1.807, 2.05) is 5.32 Å². The van der Waals surface area contributed by atoms with Gasteiger partial charge in [0.15, 0.2) is 5.75 Å². The zero-order valence-electron chi connectivity index (χ0n) is 15.3. The fourth-order valence-corrected chi connectivity index (χ4v) is 2.95. The number of anilines is 1. The Bertz CT molecular complexity index is 1060. The lowest BCUT2D eigenvalue weighted by molar-refractivity contribution is -0.389. The van der Waals surface area contributed by atoms with Gasteiger partial charge >= 0.3 is 30.5 Å². The molecule has 0 aliphatic heterocycles. The number of nitrogens with one attached hydrogen (secondary N) is 1. The van der Waals surface area contributed by atoms with Crippen LogP contribution in [0.1, 0.15) is 16.1 Å². The van der Waals surface area contributed by atoms with E-state index in [-0.39, 0.29) is 12.1 Å². The summed E-state index contributed by atoms with van der Waals surface area (Å²) in [5, 5.41) is 12.5. The van der Waals surface area contributed by atoms with E-state index in [0.29, 0.717) is 0 Å². The third-order valence-corrected chi connectivity index (χ3v) is 4.47. The van der Waals surface area contributed by atoms with E-state index >= 15 is 0 Å². The second-order valence-corrected chi connectivity index (χ2v) is 6.81. The average molecular weight is 556 g/mol. The number of rotatable bonds is 6. The van der Waals surface area contributed by atoms with Crippen molar-refractivity contribution in [1.82, 2.24) is 4.98 Å². The number of hydrogen-bond acceptors (Lipinski definition) is 5. The van der Waals surface area contributed by atoms with Gasteiger partial charge in [0, 0.05) is 16.1 Å². The normalized spacial score (nSPS) is 12.6. The highest BCUT2D eigenvalue weighted by Gasteiger charge is 2.73. The largest absolute Gasteiger partial charge is 0.435 e. The molecule has 0 unspecified atom stereocenters. The molecule has 33 heavy (non-hydrogen) atoms. The minimum Gasteiger partial charge on any atom is -0.433 e. The number of hydrogen-bond donors (Lipinski definition) is 1. The Kier molecular flexibility index (Phi) is 7.15. The van der Waals surface area contributed by atoms with Gasteiger partial charge in [0.05, 0.1) is 5.69 Å². The molecular formula is C16H7BrF9N3O4. The Morgan fingerprint density at radius 3 is 2.15 bits per heavy atom. The highest BCUT2D eigenvalue weighted by Crippen LogP contribution is 2.55. The van der Waals surface area contributed by atoms with Crippen molar-refractivity contribution >= 4 is 33.3 Å². The molecule has 180 valence electrons. The zero-order valence-corrected chi connectivity index (χ0v) is 16.9. The van der Waals surface area contributed by atoms with E-state index in [0.717, 1.165) is 18.2 Å². The van der Waals surface area contributed by atoms with Crippen molar-refractivity contribution in [2.75, 3.05) is 5.32 Å². The maximum absolute atomic E-state index is 14.3. The van der Waals surface area contributed by atoms with Crippen molar-refractivity contribution in [2.24, 2.45) is 0 Å². The molecule has 0 atom stereocenters. The SMILES string of the molecule is O=C(Nc1c(Br)cc(C(F)(C(F)(F)F)C(F)(F)F)cc1OC(F)F)c1cccc([N+](=O)[O-])n1. The molecule has 7 nitrogen and oxygen atoms in total. The number of alkyl halides is 9. The van der Waals surface area contributed by atoms with Gasteiger partial charge in [-0.3, -0.25) is 4.79 Å². The lowest BCUT2D eigenvalue weighted by atomic mass is 9.93. The lowest BCUT2D eigenvalue weighted by Crippen LogP contribution is -2.50. The van der Waals surface area contributed by atoms with Crippen LogP contribution in [-0.4, -0.2) is 34.8 Å². The van der Waals surface area contributed by atoms with Crippen LogP contribution < -0.4 is 10.1 Å². The van der Waals surface area contributed by atoms with Crippen LogP contribution >= 0.6 is 15.9 Å². The van der Waals surface area contributed by atoms with E-state index in [9.17, 15) is 54.4 Å². The Morgan fingerprint density at radius 2 is 1.67 bits per heavy atom. The van der Waals surface area contributed by atoms with Crippen LogP contribution in [0, 0.1) is 10.1 Å². The molecule has 0 saturated heterocycles. The summed E-state index contributed by atoms with van der Waals surface area (Å²) in [7, 11) is 0. The zero-order chi connectivity index (χ0) is 25.4. The Hall–Kier alpha value is -3.11. The van der Waals surface area contributed by atoms with Gasteiger partial charge in [-0.1, -0.05) is 0 Å². The monoisotopic (exact) mass is 555 g/mol. The predicted molar refractivity (Wildman–Crippen MR) is 94.5 cm³/mol. The maximum atomic E-state index is 14.3. The van der Waals surface area contributed by atoms with Crippen LogP contribution in [0.25, 0.3) is 0 Å². The number of nitro groups is 1. The van der Waals surface area contributed by atoms with Crippen LogP contribution in [0.4, 0.5) is 51.0 Å². The Labute approximate surface area is 184 Å². The average Bonchev–Trinajstić information content (AvgIpc) is 2.67. The number of amides is 1. The lowest BCUT2D eigenvalue weighted by Gasteiger charge is -2.31. The van der Waals surface area contributed by atoms with Gasteiger partial charge in [-0.2, -0.15) is 35.1 Å². The van der Waals surface area contributed by atoms with Crippen molar-refractivity contribution < 1.29 is 54.0 Å². The minimum absolute atomic E-state index is 0.0458. The number of benzene rings is 1. The molecule has 2 aromatic rings. The Morgan fingerprint density at radius 1 is 1.09 bits per heavy atom. The highest BCUT2D eigenvalue weighted by molar-refractivity contribution is 9.10. The highest BCUT2D eigenvalue weighted by atomic mass is 79.9. The molecule has 1 heterocycles. The van der Waals surface area contributed by atoms with Gasteiger partial charge in [0.2, 0.25) is 5.69 Å². The molecule has 1 N–H and O–H groups in total. The number of ether oxygens (including phenoxy) is 1. The van der Waals surface area contributed by atoms with Gasteiger partial charge < -0.3 is 20.2 Å². The molecule has 0 spiro atoms. The van der Waals surface area contributed by atoms with Crippen molar-refractivity contribution in [1.29, 1.82) is 0 Å². The third-order valence-electron chi connectivity index (χ3n) is 3.84. The first-order valence-corrected chi connectivity index (χ1v) is 8.82. The first-order valence-electron chi connectivity index (χ1n) is 8.03. The quantitative estimate of drug-likeness (QED) is 0.272. The molecular weight excluding hydrogens is 549 g/mol. The summed E-state index contributed by atoms with van der Waals surface area (Å²) < 4.78 is 121. The standard InChI is InChI=1S/C16H7BrF9N3O4/c17-7-4-6(14(20,15(21,22)23)16(24,25)26)5-9(33-13(18)19)11(7)28-12(30)8-2-1-3-10(27-8)29(31)32/h1-5,13H,(H,28,30). The minimum atomic E-state index is -6.55. The number of aromatic nitrogens is 1. The van der Waals surface area contributed by atoms with Crippen molar-refractivity contribution in [3.63, 3.8) is 0 Å². The van der Waals surface area contributed by atoms with Crippen molar-refractivity contribution in [3.05, 3.63) is 56.2 Å². The van der Waals surface area contributed by atoms with E-state index < -0.39 is 68.4 Å². The van der Waals surface area contributed by atoms with Crippen LogP contribution in [0.3, 0.4) is 0 Å². The summed E-state index contributed by atoms with van der Waals surface area (Å²) in [6, 6.07) is 2.48. The number of carbonyl (C=O) groups is 1. The smallest absolute Gasteiger partial charge is 0.433 e. The first kappa shape index (κ1) is 26.1. The molecule has 1 aromatic heterocycles. The summed E-state index contributed by atoms with van der Waals surface area (Å²) in [5.74, 6) is -3.62. The second-order valence-electron chi connectivity index (χ2n) is 5.96. The van der Waals surface area contributed by atoms with Crippen molar-refractivity contribution in [3.8, 4) is 5.75 Å². The molecule has 1 amide bonds. The van der Waals surface area contributed by atoms with Crippen LogP contribution in [0.5, 0.6) is 5.75 Å².